The Hall–Kier alpha value is -1.89. The van der Waals surface area contributed by atoms with Crippen molar-refractivity contribution in [3.05, 3.63) is 11.6 Å². The van der Waals surface area contributed by atoms with Gasteiger partial charge in [0.1, 0.15) is 0 Å². The average Bonchev–Trinajstić information content (AvgIpc) is 3.09. The third-order valence-electron chi connectivity index (χ3n) is 3.76. The van der Waals surface area contributed by atoms with Gasteiger partial charge in [-0.05, 0) is 24.4 Å². The van der Waals surface area contributed by atoms with E-state index in [0.717, 1.165) is 25.9 Å². The minimum absolute atomic E-state index is 0.199. The van der Waals surface area contributed by atoms with Crippen molar-refractivity contribution in [1.82, 2.24) is 24.4 Å². The van der Waals surface area contributed by atoms with Gasteiger partial charge >= 0.3 is 0 Å². The molecule has 3 heterocycles. The third-order valence-corrected chi connectivity index (χ3v) is 3.93. The van der Waals surface area contributed by atoms with Gasteiger partial charge in [0.05, 0.1) is 6.33 Å². The van der Waals surface area contributed by atoms with Gasteiger partial charge in [-0.2, -0.15) is 9.97 Å². The van der Waals surface area contributed by atoms with Crippen LogP contribution in [0.3, 0.4) is 0 Å². The van der Waals surface area contributed by atoms with E-state index < -0.39 is 0 Å². The molecule has 1 aliphatic rings. The highest BCUT2D eigenvalue weighted by molar-refractivity contribution is 6.28. The van der Waals surface area contributed by atoms with Crippen molar-refractivity contribution in [1.29, 1.82) is 0 Å². The molecule has 0 unspecified atom stereocenters. The second kappa shape index (κ2) is 6.48. The van der Waals surface area contributed by atoms with Crippen LogP contribution in [0.5, 0.6) is 0 Å². The molecule has 1 aliphatic heterocycles. The zero-order valence-electron chi connectivity index (χ0n) is 12.5. The summed E-state index contributed by atoms with van der Waals surface area (Å²) in [4.78, 5) is 26.4. The Bertz CT molecular complexity index is 685. The number of aromatic nitrogens is 4. The zero-order chi connectivity index (χ0) is 15.5. The summed E-state index contributed by atoms with van der Waals surface area (Å²) in [5.41, 5.74) is 1.41. The molecule has 3 rings (SSSR count). The lowest BCUT2D eigenvalue weighted by Gasteiger charge is -2.15. The molecule has 2 aromatic heterocycles. The van der Waals surface area contributed by atoms with Crippen molar-refractivity contribution in [2.45, 2.75) is 32.7 Å². The summed E-state index contributed by atoms with van der Waals surface area (Å²) in [6.45, 7) is 5.05. The SMILES string of the molecule is CCCNc1nc(Cl)nc2c1ncn2CCN1CCCC1=O. The topological polar surface area (TPSA) is 75.9 Å². The summed E-state index contributed by atoms with van der Waals surface area (Å²) < 4.78 is 1.92. The van der Waals surface area contributed by atoms with Crippen LogP contribution in [0.15, 0.2) is 6.33 Å². The predicted molar refractivity (Wildman–Crippen MR) is 84.9 cm³/mol. The molecule has 0 aromatic carbocycles. The molecule has 22 heavy (non-hydrogen) atoms. The van der Waals surface area contributed by atoms with Crippen molar-refractivity contribution < 1.29 is 4.79 Å². The quantitative estimate of drug-likeness (QED) is 0.822. The Labute approximate surface area is 133 Å². The van der Waals surface area contributed by atoms with Crippen molar-refractivity contribution in [2.24, 2.45) is 0 Å². The minimum atomic E-state index is 0.199. The summed E-state index contributed by atoms with van der Waals surface area (Å²) >= 11 is 6.01. The smallest absolute Gasteiger partial charge is 0.226 e. The van der Waals surface area contributed by atoms with Crippen molar-refractivity contribution in [3.63, 3.8) is 0 Å². The molecule has 0 aliphatic carbocycles. The number of carbonyl (C=O) groups excluding carboxylic acids is 1. The summed E-state index contributed by atoms with van der Waals surface area (Å²) in [5.74, 6) is 0.884. The number of rotatable bonds is 6. The van der Waals surface area contributed by atoms with Gasteiger partial charge in [-0.25, -0.2) is 4.98 Å². The second-order valence-electron chi connectivity index (χ2n) is 5.36. The fourth-order valence-electron chi connectivity index (χ4n) is 2.62. The maximum absolute atomic E-state index is 11.7. The summed E-state index contributed by atoms with van der Waals surface area (Å²) in [6, 6.07) is 0. The number of anilines is 1. The van der Waals surface area contributed by atoms with Gasteiger partial charge in [0.15, 0.2) is 17.0 Å². The highest BCUT2D eigenvalue weighted by Crippen LogP contribution is 2.21. The van der Waals surface area contributed by atoms with Crippen molar-refractivity contribution >= 4 is 34.5 Å². The van der Waals surface area contributed by atoms with E-state index in [-0.39, 0.29) is 11.2 Å². The Balaban J connectivity index is 1.81. The van der Waals surface area contributed by atoms with Gasteiger partial charge < -0.3 is 14.8 Å². The minimum Gasteiger partial charge on any atom is -0.368 e. The van der Waals surface area contributed by atoms with E-state index in [1.165, 1.54) is 0 Å². The number of likely N-dealkylation sites (tertiary alicyclic amines) is 1. The summed E-state index contributed by atoms with van der Waals surface area (Å²) in [6.07, 6.45) is 4.32. The molecule has 0 radical (unpaired) electrons. The first kappa shape index (κ1) is 15.0. The summed E-state index contributed by atoms with van der Waals surface area (Å²) in [7, 11) is 0. The number of hydrogen-bond donors (Lipinski definition) is 1. The lowest BCUT2D eigenvalue weighted by molar-refractivity contribution is -0.127. The van der Waals surface area contributed by atoms with Crippen LogP contribution in [0.1, 0.15) is 26.2 Å². The molecule has 0 spiro atoms. The van der Waals surface area contributed by atoms with Gasteiger partial charge in [-0.15, -0.1) is 0 Å². The number of hydrogen-bond acceptors (Lipinski definition) is 5. The molecule has 0 saturated carbocycles. The van der Waals surface area contributed by atoms with Crippen LogP contribution in [-0.4, -0.2) is 50.0 Å². The number of nitrogens with zero attached hydrogens (tertiary/aromatic N) is 5. The van der Waals surface area contributed by atoms with Crippen LogP contribution in [0.2, 0.25) is 5.28 Å². The first-order valence-corrected chi connectivity index (χ1v) is 7.97. The van der Waals surface area contributed by atoms with E-state index in [1.54, 1.807) is 6.33 Å². The lowest BCUT2D eigenvalue weighted by Crippen LogP contribution is -2.28. The molecular weight excluding hydrogens is 304 g/mol. The maximum atomic E-state index is 11.7. The molecule has 118 valence electrons. The maximum Gasteiger partial charge on any atom is 0.226 e. The number of amides is 1. The lowest BCUT2D eigenvalue weighted by atomic mass is 10.4. The van der Waals surface area contributed by atoms with Gasteiger partial charge in [-0.1, -0.05) is 6.92 Å². The fourth-order valence-corrected chi connectivity index (χ4v) is 2.78. The molecule has 1 amide bonds. The van der Waals surface area contributed by atoms with Crippen LogP contribution in [0, 0.1) is 0 Å². The van der Waals surface area contributed by atoms with E-state index in [9.17, 15) is 4.79 Å². The first-order valence-electron chi connectivity index (χ1n) is 7.59. The second-order valence-corrected chi connectivity index (χ2v) is 5.70. The highest BCUT2D eigenvalue weighted by Gasteiger charge is 2.20. The zero-order valence-corrected chi connectivity index (χ0v) is 13.3. The number of imidazole rings is 1. The highest BCUT2D eigenvalue weighted by atomic mass is 35.5. The molecule has 8 heteroatoms. The number of carbonyl (C=O) groups is 1. The van der Waals surface area contributed by atoms with Crippen LogP contribution >= 0.6 is 11.6 Å². The van der Waals surface area contributed by atoms with E-state index in [0.29, 0.717) is 36.5 Å². The molecule has 2 aromatic rings. The predicted octanol–water partition coefficient (Wildman–Crippen LogP) is 1.92. The Morgan fingerprint density at radius 2 is 2.23 bits per heavy atom. The van der Waals surface area contributed by atoms with Crippen LogP contribution < -0.4 is 5.32 Å². The van der Waals surface area contributed by atoms with E-state index in [2.05, 4.69) is 27.2 Å². The van der Waals surface area contributed by atoms with Crippen LogP contribution in [0.4, 0.5) is 5.82 Å². The molecule has 0 atom stereocenters. The molecule has 1 saturated heterocycles. The molecule has 1 fully saturated rings. The van der Waals surface area contributed by atoms with Gasteiger partial charge in [0.2, 0.25) is 11.2 Å². The summed E-state index contributed by atoms with van der Waals surface area (Å²) in [5, 5.41) is 3.42. The fraction of sp³-hybridized carbons (Fsp3) is 0.571. The molecule has 0 bridgehead atoms. The van der Waals surface area contributed by atoms with Gasteiger partial charge in [0.25, 0.3) is 0 Å². The van der Waals surface area contributed by atoms with E-state index in [4.69, 9.17) is 11.6 Å². The number of halogens is 1. The molecular formula is C14H19ClN6O. The third kappa shape index (κ3) is 2.99. The van der Waals surface area contributed by atoms with Gasteiger partial charge in [-0.3, -0.25) is 4.79 Å². The monoisotopic (exact) mass is 322 g/mol. The van der Waals surface area contributed by atoms with E-state index in [1.807, 2.05) is 9.47 Å². The molecule has 1 N–H and O–H groups in total. The van der Waals surface area contributed by atoms with Gasteiger partial charge in [0, 0.05) is 32.6 Å². The Morgan fingerprint density at radius 3 is 2.95 bits per heavy atom. The van der Waals surface area contributed by atoms with E-state index >= 15 is 0 Å². The van der Waals surface area contributed by atoms with Crippen molar-refractivity contribution in [3.8, 4) is 0 Å². The van der Waals surface area contributed by atoms with Crippen LogP contribution in [-0.2, 0) is 11.3 Å². The molecule has 7 nitrogen and oxygen atoms in total. The standard InChI is InChI=1S/C14H19ClN6O/c1-2-5-16-12-11-13(19-14(15)18-12)21(9-17-11)8-7-20-6-3-4-10(20)22/h9H,2-8H2,1H3,(H,16,18,19). The van der Waals surface area contributed by atoms with Crippen molar-refractivity contribution in [2.75, 3.05) is 25.0 Å². The number of fused-ring (bicyclic) bond motifs is 1. The Morgan fingerprint density at radius 1 is 1.36 bits per heavy atom. The number of nitrogens with one attached hydrogen (secondary N) is 1. The average molecular weight is 323 g/mol. The largest absolute Gasteiger partial charge is 0.368 e. The normalized spacial score (nSPS) is 15.0. The van der Waals surface area contributed by atoms with Crippen LogP contribution in [0.25, 0.3) is 11.2 Å². The Kier molecular flexibility index (Phi) is 4.42. The first-order chi connectivity index (χ1) is 10.7.